The molecule has 0 spiro atoms. The van der Waals surface area contributed by atoms with E-state index in [9.17, 15) is 18.0 Å². The van der Waals surface area contributed by atoms with E-state index in [-0.39, 0.29) is 17.4 Å². The standard InChI is InChI=1S/C15H11F3N2O3/c16-15(17,18)23-10-3-1-9(2-4-10)11-5-6-12-13(20-11)14(21)19-7-8-22-12/h1-6H,7-8H2,(H,19,21). The van der Waals surface area contributed by atoms with Crippen LogP contribution in [0.3, 0.4) is 0 Å². The molecule has 0 radical (unpaired) electrons. The molecule has 120 valence electrons. The minimum atomic E-state index is -4.74. The van der Waals surface area contributed by atoms with Crippen molar-refractivity contribution in [1.82, 2.24) is 10.3 Å². The second kappa shape index (κ2) is 5.79. The fraction of sp³-hybridized carbons (Fsp3) is 0.200. The van der Waals surface area contributed by atoms with Gasteiger partial charge in [-0.3, -0.25) is 4.79 Å². The van der Waals surface area contributed by atoms with Crippen molar-refractivity contribution in [2.75, 3.05) is 13.2 Å². The first kappa shape index (κ1) is 15.1. The molecule has 2 aromatic rings. The van der Waals surface area contributed by atoms with Crippen molar-refractivity contribution >= 4 is 5.91 Å². The van der Waals surface area contributed by atoms with Gasteiger partial charge in [0.05, 0.1) is 12.2 Å². The van der Waals surface area contributed by atoms with E-state index in [2.05, 4.69) is 15.0 Å². The van der Waals surface area contributed by atoms with Crippen LogP contribution in [-0.2, 0) is 0 Å². The summed E-state index contributed by atoms with van der Waals surface area (Å²) in [6.45, 7) is 0.733. The number of aromatic nitrogens is 1. The lowest BCUT2D eigenvalue weighted by Gasteiger charge is -2.10. The number of hydrogen-bond donors (Lipinski definition) is 1. The fourth-order valence-corrected chi connectivity index (χ4v) is 2.12. The van der Waals surface area contributed by atoms with E-state index in [1.165, 1.54) is 24.3 Å². The number of nitrogens with one attached hydrogen (secondary N) is 1. The van der Waals surface area contributed by atoms with Gasteiger partial charge in [-0.2, -0.15) is 0 Å². The lowest BCUT2D eigenvalue weighted by Crippen LogP contribution is -2.25. The molecule has 23 heavy (non-hydrogen) atoms. The van der Waals surface area contributed by atoms with Gasteiger partial charge in [0.25, 0.3) is 5.91 Å². The predicted octanol–water partition coefficient (Wildman–Crippen LogP) is 2.77. The molecule has 0 bridgehead atoms. The molecular weight excluding hydrogens is 313 g/mol. The summed E-state index contributed by atoms with van der Waals surface area (Å²) in [6.07, 6.45) is -4.74. The molecule has 3 rings (SSSR count). The van der Waals surface area contributed by atoms with Crippen molar-refractivity contribution in [1.29, 1.82) is 0 Å². The van der Waals surface area contributed by atoms with E-state index in [1.54, 1.807) is 12.1 Å². The molecule has 1 amide bonds. The van der Waals surface area contributed by atoms with Crippen LogP contribution in [0.1, 0.15) is 10.5 Å². The van der Waals surface area contributed by atoms with E-state index < -0.39 is 6.36 Å². The molecule has 8 heteroatoms. The maximum absolute atomic E-state index is 12.1. The van der Waals surface area contributed by atoms with Gasteiger partial charge in [0, 0.05) is 5.56 Å². The van der Waals surface area contributed by atoms with Crippen LogP contribution in [0.15, 0.2) is 36.4 Å². The van der Waals surface area contributed by atoms with Crippen molar-refractivity contribution in [3.8, 4) is 22.8 Å². The molecule has 5 nitrogen and oxygen atoms in total. The van der Waals surface area contributed by atoms with Gasteiger partial charge in [-0.1, -0.05) is 0 Å². The average Bonchev–Trinajstić information content (AvgIpc) is 2.68. The third-order valence-electron chi connectivity index (χ3n) is 3.10. The van der Waals surface area contributed by atoms with Crippen LogP contribution >= 0.6 is 0 Å². The molecule has 0 aliphatic carbocycles. The summed E-state index contributed by atoms with van der Waals surface area (Å²) in [7, 11) is 0. The number of carbonyl (C=O) groups excluding carboxylic acids is 1. The number of carbonyl (C=O) groups is 1. The van der Waals surface area contributed by atoms with Crippen LogP contribution in [0.25, 0.3) is 11.3 Å². The minimum absolute atomic E-state index is 0.149. The Kier molecular flexibility index (Phi) is 3.81. The summed E-state index contributed by atoms with van der Waals surface area (Å²) in [4.78, 5) is 16.1. The first-order chi connectivity index (χ1) is 10.9. The smallest absolute Gasteiger partial charge is 0.489 e. The number of benzene rings is 1. The summed E-state index contributed by atoms with van der Waals surface area (Å²) >= 11 is 0. The Hall–Kier alpha value is -2.77. The van der Waals surface area contributed by atoms with Crippen molar-refractivity contribution in [3.63, 3.8) is 0 Å². The lowest BCUT2D eigenvalue weighted by atomic mass is 10.1. The molecule has 0 saturated carbocycles. The molecule has 0 fully saturated rings. The summed E-state index contributed by atoms with van der Waals surface area (Å²) < 4.78 is 45.6. The molecule has 0 atom stereocenters. The Morgan fingerprint density at radius 1 is 1.13 bits per heavy atom. The highest BCUT2D eigenvalue weighted by atomic mass is 19.4. The van der Waals surface area contributed by atoms with Gasteiger partial charge in [-0.25, -0.2) is 4.98 Å². The third-order valence-corrected chi connectivity index (χ3v) is 3.10. The molecule has 2 heterocycles. The number of ether oxygens (including phenoxy) is 2. The average molecular weight is 324 g/mol. The zero-order valence-electron chi connectivity index (χ0n) is 11.7. The molecule has 0 unspecified atom stereocenters. The van der Waals surface area contributed by atoms with Crippen molar-refractivity contribution < 1.29 is 27.4 Å². The topological polar surface area (TPSA) is 60.5 Å². The number of fused-ring (bicyclic) bond motifs is 1. The van der Waals surface area contributed by atoms with Crippen LogP contribution in [0.2, 0.25) is 0 Å². The molecule has 1 N–H and O–H groups in total. The van der Waals surface area contributed by atoms with E-state index in [4.69, 9.17) is 4.74 Å². The van der Waals surface area contributed by atoms with Crippen molar-refractivity contribution in [2.24, 2.45) is 0 Å². The number of halogens is 3. The van der Waals surface area contributed by atoms with Crippen LogP contribution in [0.5, 0.6) is 11.5 Å². The minimum Gasteiger partial charge on any atom is -0.489 e. The van der Waals surface area contributed by atoms with Gasteiger partial charge in [0.2, 0.25) is 0 Å². The highest BCUT2D eigenvalue weighted by molar-refractivity contribution is 5.95. The number of nitrogens with zero attached hydrogens (tertiary/aromatic N) is 1. The molecule has 0 saturated heterocycles. The number of pyridine rings is 1. The Morgan fingerprint density at radius 3 is 2.57 bits per heavy atom. The highest BCUT2D eigenvalue weighted by Gasteiger charge is 2.31. The summed E-state index contributed by atoms with van der Waals surface area (Å²) in [5, 5.41) is 2.64. The summed E-state index contributed by atoms with van der Waals surface area (Å²) in [6, 6.07) is 8.50. The zero-order chi connectivity index (χ0) is 16.4. The normalized spacial score (nSPS) is 14.3. The number of amides is 1. The van der Waals surface area contributed by atoms with Crippen molar-refractivity contribution in [2.45, 2.75) is 6.36 Å². The Labute approximate surface area is 129 Å². The van der Waals surface area contributed by atoms with Gasteiger partial charge in [0.15, 0.2) is 11.4 Å². The second-order valence-electron chi connectivity index (χ2n) is 4.72. The van der Waals surface area contributed by atoms with Crippen LogP contribution in [0, 0.1) is 0 Å². The van der Waals surface area contributed by atoms with Crippen LogP contribution in [-0.4, -0.2) is 30.4 Å². The predicted molar refractivity (Wildman–Crippen MR) is 74.2 cm³/mol. The first-order valence-corrected chi connectivity index (χ1v) is 6.70. The Morgan fingerprint density at radius 2 is 1.87 bits per heavy atom. The Bertz CT molecular complexity index is 730. The monoisotopic (exact) mass is 324 g/mol. The maximum Gasteiger partial charge on any atom is 0.573 e. The maximum atomic E-state index is 12.1. The number of hydrogen-bond acceptors (Lipinski definition) is 4. The van der Waals surface area contributed by atoms with Crippen molar-refractivity contribution in [3.05, 3.63) is 42.1 Å². The molecule has 1 aliphatic heterocycles. The van der Waals surface area contributed by atoms with Gasteiger partial charge < -0.3 is 14.8 Å². The summed E-state index contributed by atoms with van der Waals surface area (Å²) in [5.41, 5.74) is 1.15. The van der Waals surface area contributed by atoms with Crippen LogP contribution < -0.4 is 14.8 Å². The van der Waals surface area contributed by atoms with E-state index in [0.29, 0.717) is 30.2 Å². The van der Waals surface area contributed by atoms with E-state index in [1.807, 2.05) is 0 Å². The molecule has 1 aliphatic rings. The van der Waals surface area contributed by atoms with Gasteiger partial charge in [0.1, 0.15) is 12.4 Å². The molecule has 1 aromatic heterocycles. The first-order valence-electron chi connectivity index (χ1n) is 6.70. The highest BCUT2D eigenvalue weighted by Crippen LogP contribution is 2.28. The molecule has 1 aromatic carbocycles. The second-order valence-corrected chi connectivity index (χ2v) is 4.72. The third kappa shape index (κ3) is 3.53. The van der Waals surface area contributed by atoms with E-state index in [0.717, 1.165) is 0 Å². The van der Waals surface area contributed by atoms with E-state index >= 15 is 0 Å². The quantitative estimate of drug-likeness (QED) is 0.923. The SMILES string of the molecule is O=C1NCCOc2ccc(-c3ccc(OC(F)(F)F)cc3)nc21. The Balaban J connectivity index is 1.89. The number of alkyl halides is 3. The van der Waals surface area contributed by atoms with Gasteiger partial charge in [-0.05, 0) is 36.4 Å². The zero-order valence-corrected chi connectivity index (χ0v) is 11.7. The summed E-state index contributed by atoms with van der Waals surface area (Å²) in [5.74, 6) is -0.297. The van der Waals surface area contributed by atoms with Gasteiger partial charge >= 0.3 is 6.36 Å². The number of rotatable bonds is 2. The largest absolute Gasteiger partial charge is 0.573 e. The van der Waals surface area contributed by atoms with Crippen LogP contribution in [0.4, 0.5) is 13.2 Å². The lowest BCUT2D eigenvalue weighted by molar-refractivity contribution is -0.274. The fourth-order valence-electron chi connectivity index (χ4n) is 2.12. The molecular formula is C15H11F3N2O3. The van der Waals surface area contributed by atoms with Gasteiger partial charge in [-0.15, -0.1) is 13.2 Å².